The number of imide groups is 1. The van der Waals surface area contributed by atoms with Crippen LogP contribution in [0.4, 0.5) is 9.18 Å². The highest BCUT2D eigenvalue weighted by Gasteiger charge is 2.33. The first-order valence-electron chi connectivity index (χ1n) is 10.6. The largest absolute Gasteiger partial charge is 0.444 e. The van der Waals surface area contributed by atoms with Crippen LogP contribution in [0.5, 0.6) is 0 Å². The normalized spacial score (nSPS) is 20.8. The van der Waals surface area contributed by atoms with E-state index in [-0.39, 0.29) is 35.7 Å². The van der Waals surface area contributed by atoms with Gasteiger partial charge in [-0.1, -0.05) is 12.1 Å². The number of nitrogens with zero attached hydrogens (tertiary/aromatic N) is 2. The monoisotopic (exact) mass is 430 g/mol. The van der Waals surface area contributed by atoms with Crippen LogP contribution in [-0.4, -0.2) is 51.7 Å². The van der Waals surface area contributed by atoms with Gasteiger partial charge in [0.1, 0.15) is 11.1 Å². The Morgan fingerprint density at radius 2 is 1.90 bits per heavy atom. The summed E-state index contributed by atoms with van der Waals surface area (Å²) in [7, 11) is 0. The van der Waals surface area contributed by atoms with E-state index < -0.39 is 17.4 Å². The molecule has 3 amide bonds. The fraction of sp³-hybridized carbons (Fsp3) is 0.545. The number of likely N-dealkylation sites (tertiary alicyclic amines) is 1. The van der Waals surface area contributed by atoms with Crippen LogP contribution in [-0.2, 0) is 14.3 Å². The number of rotatable bonds is 2. The molecule has 2 aromatic rings. The molecule has 8 nitrogen and oxygen atoms in total. The summed E-state index contributed by atoms with van der Waals surface area (Å²) in [6, 6.07) is 3.53. The average Bonchev–Trinajstić information content (AvgIpc) is 3.12. The zero-order valence-electron chi connectivity index (χ0n) is 18.0. The zero-order chi connectivity index (χ0) is 22.3. The Balaban J connectivity index is 1.50. The van der Waals surface area contributed by atoms with Gasteiger partial charge in [0.2, 0.25) is 11.8 Å². The maximum Gasteiger partial charge on any atom is 0.410 e. The minimum atomic E-state index is -0.575. The molecule has 9 heteroatoms. The standard InChI is InChI=1S/C22H27FN4O4/c1-22(2,3)31-21(30)27-10-8-12(9-11-27)13-4-5-14-18(25-26-19(14)17(13)23)15-6-7-16(28)24-20(15)29/h4-5,12,15H,6-11H2,1-3H3,(H,25,26)(H,24,28,29). The van der Waals surface area contributed by atoms with Gasteiger partial charge in [0, 0.05) is 24.9 Å². The molecular formula is C22H27FN4O4. The highest BCUT2D eigenvalue weighted by Crippen LogP contribution is 2.36. The van der Waals surface area contributed by atoms with Crippen LogP contribution in [0.3, 0.4) is 0 Å². The van der Waals surface area contributed by atoms with Crippen molar-refractivity contribution in [2.24, 2.45) is 0 Å². The summed E-state index contributed by atoms with van der Waals surface area (Å²) >= 11 is 0. The molecule has 2 fully saturated rings. The van der Waals surface area contributed by atoms with Crippen LogP contribution in [0.25, 0.3) is 10.9 Å². The SMILES string of the molecule is CC(C)(C)OC(=O)N1CCC(c2ccc3c(C4CCC(=O)NC4=O)n[nH]c3c2F)CC1. The van der Waals surface area contributed by atoms with Gasteiger partial charge in [-0.2, -0.15) is 5.10 Å². The van der Waals surface area contributed by atoms with E-state index in [1.165, 1.54) is 0 Å². The number of benzene rings is 1. The van der Waals surface area contributed by atoms with Gasteiger partial charge in [-0.3, -0.25) is 20.0 Å². The van der Waals surface area contributed by atoms with Crippen LogP contribution in [0.2, 0.25) is 0 Å². The van der Waals surface area contributed by atoms with Crippen molar-refractivity contribution in [3.05, 3.63) is 29.2 Å². The maximum atomic E-state index is 15.3. The molecule has 2 saturated heterocycles. The molecule has 2 aliphatic heterocycles. The molecule has 1 aromatic carbocycles. The lowest BCUT2D eigenvalue weighted by Gasteiger charge is -2.33. The number of carbonyl (C=O) groups is 3. The second-order valence-corrected chi connectivity index (χ2v) is 9.25. The van der Waals surface area contributed by atoms with Gasteiger partial charge in [-0.25, -0.2) is 9.18 Å². The first-order chi connectivity index (χ1) is 14.6. The predicted octanol–water partition coefficient (Wildman–Crippen LogP) is 3.34. The Hall–Kier alpha value is -2.97. The summed E-state index contributed by atoms with van der Waals surface area (Å²) in [5.41, 5.74) is 0.762. The molecule has 0 spiro atoms. The van der Waals surface area contributed by atoms with Gasteiger partial charge in [0.05, 0.1) is 11.6 Å². The number of halogens is 1. The fourth-order valence-corrected chi connectivity index (χ4v) is 4.33. The van der Waals surface area contributed by atoms with Crippen LogP contribution in [0.1, 0.15) is 69.5 Å². The molecule has 2 N–H and O–H groups in total. The molecule has 1 atom stereocenters. The topological polar surface area (TPSA) is 104 Å². The van der Waals surface area contributed by atoms with Crippen molar-refractivity contribution in [2.45, 2.75) is 63.9 Å². The van der Waals surface area contributed by atoms with Crippen molar-refractivity contribution in [2.75, 3.05) is 13.1 Å². The van der Waals surface area contributed by atoms with E-state index in [1.807, 2.05) is 20.8 Å². The van der Waals surface area contributed by atoms with Gasteiger partial charge < -0.3 is 9.64 Å². The Bertz CT molecular complexity index is 1030. The molecule has 4 rings (SSSR count). The molecule has 3 heterocycles. The number of piperidine rings is 2. The number of hydrogen-bond donors (Lipinski definition) is 2. The molecule has 0 bridgehead atoms. The molecule has 1 unspecified atom stereocenters. The van der Waals surface area contributed by atoms with E-state index >= 15 is 4.39 Å². The van der Waals surface area contributed by atoms with Crippen LogP contribution >= 0.6 is 0 Å². The summed E-state index contributed by atoms with van der Waals surface area (Å²) < 4.78 is 20.8. The number of H-pyrrole nitrogens is 1. The molecule has 31 heavy (non-hydrogen) atoms. The number of ether oxygens (including phenoxy) is 1. The number of amides is 3. The Kier molecular flexibility index (Phi) is 5.45. The van der Waals surface area contributed by atoms with Crippen molar-refractivity contribution in [3.8, 4) is 0 Å². The van der Waals surface area contributed by atoms with E-state index in [0.29, 0.717) is 49.0 Å². The lowest BCUT2D eigenvalue weighted by Crippen LogP contribution is -2.41. The predicted molar refractivity (Wildman–Crippen MR) is 111 cm³/mol. The van der Waals surface area contributed by atoms with E-state index in [1.54, 1.807) is 17.0 Å². The summed E-state index contributed by atoms with van der Waals surface area (Å²) in [6.07, 6.45) is 1.52. The van der Waals surface area contributed by atoms with E-state index in [4.69, 9.17) is 4.74 Å². The number of nitrogens with one attached hydrogen (secondary N) is 2. The molecule has 0 aliphatic carbocycles. The van der Waals surface area contributed by atoms with Crippen molar-refractivity contribution < 1.29 is 23.5 Å². The maximum absolute atomic E-state index is 15.3. The summed E-state index contributed by atoms with van der Waals surface area (Å²) in [4.78, 5) is 37.5. The molecule has 1 aromatic heterocycles. The second-order valence-electron chi connectivity index (χ2n) is 9.25. The van der Waals surface area contributed by atoms with Gasteiger partial charge in [0.15, 0.2) is 5.82 Å². The first kappa shape index (κ1) is 21.3. The molecular weight excluding hydrogens is 403 g/mol. The second kappa shape index (κ2) is 7.94. The zero-order valence-corrected chi connectivity index (χ0v) is 18.0. The van der Waals surface area contributed by atoms with Crippen molar-refractivity contribution in [1.29, 1.82) is 0 Å². The third-order valence-electron chi connectivity index (χ3n) is 5.89. The Labute approximate surface area is 179 Å². The van der Waals surface area contributed by atoms with Crippen molar-refractivity contribution >= 4 is 28.8 Å². The van der Waals surface area contributed by atoms with E-state index in [0.717, 1.165) is 0 Å². The number of carbonyl (C=O) groups excluding carboxylic acids is 3. The van der Waals surface area contributed by atoms with Crippen LogP contribution < -0.4 is 5.32 Å². The quantitative estimate of drug-likeness (QED) is 0.711. The third kappa shape index (κ3) is 4.26. The van der Waals surface area contributed by atoms with Gasteiger partial charge >= 0.3 is 6.09 Å². The molecule has 0 saturated carbocycles. The van der Waals surface area contributed by atoms with Gasteiger partial charge in [-0.15, -0.1) is 0 Å². The van der Waals surface area contributed by atoms with Gasteiger partial charge in [0.25, 0.3) is 0 Å². The summed E-state index contributed by atoms with van der Waals surface area (Å²) in [5.74, 6) is -1.67. The molecule has 0 radical (unpaired) electrons. The van der Waals surface area contributed by atoms with Crippen molar-refractivity contribution in [1.82, 2.24) is 20.4 Å². The number of aromatic nitrogens is 2. The van der Waals surface area contributed by atoms with Crippen LogP contribution in [0.15, 0.2) is 12.1 Å². The lowest BCUT2D eigenvalue weighted by molar-refractivity contribution is -0.134. The van der Waals surface area contributed by atoms with Crippen LogP contribution in [0, 0.1) is 5.82 Å². The highest BCUT2D eigenvalue weighted by molar-refractivity contribution is 6.02. The smallest absolute Gasteiger partial charge is 0.410 e. The minimum Gasteiger partial charge on any atom is -0.444 e. The van der Waals surface area contributed by atoms with Crippen molar-refractivity contribution in [3.63, 3.8) is 0 Å². The summed E-state index contributed by atoms with van der Waals surface area (Å²) in [5, 5.41) is 9.82. The Morgan fingerprint density at radius 3 is 2.55 bits per heavy atom. The van der Waals surface area contributed by atoms with Gasteiger partial charge in [-0.05, 0) is 51.5 Å². The third-order valence-corrected chi connectivity index (χ3v) is 5.89. The van der Waals surface area contributed by atoms with E-state index in [9.17, 15) is 14.4 Å². The number of fused-ring (bicyclic) bond motifs is 1. The fourth-order valence-electron chi connectivity index (χ4n) is 4.33. The minimum absolute atomic E-state index is 0.0227. The number of hydrogen-bond acceptors (Lipinski definition) is 5. The lowest BCUT2D eigenvalue weighted by atomic mass is 9.87. The highest BCUT2D eigenvalue weighted by atomic mass is 19.1. The molecule has 2 aliphatic rings. The molecule has 166 valence electrons. The first-order valence-corrected chi connectivity index (χ1v) is 10.6. The average molecular weight is 430 g/mol. The Morgan fingerprint density at radius 1 is 1.19 bits per heavy atom. The van der Waals surface area contributed by atoms with E-state index in [2.05, 4.69) is 15.5 Å². The summed E-state index contributed by atoms with van der Waals surface area (Å²) in [6.45, 7) is 6.49. The number of aromatic amines is 1.